The van der Waals surface area contributed by atoms with Crippen LogP contribution in [0.5, 0.6) is 0 Å². The standard InChI is InChI=1S/C50H42N2S/c1-35-23-25-40(26-24-35)49-47(38-17-7-5-8-18-38)48(39-19-9-6-10-20-39)50(53-49)41-27-29-43(30-28-41)52(46-22-14-12-16-37(46)3)44-33-31-42(32-34-44)51(4)45-21-13-11-15-36(45)2/h5-34H,1-4H3. The fourth-order valence-electron chi connectivity index (χ4n) is 7.21. The van der Waals surface area contributed by atoms with Gasteiger partial charge in [-0.3, -0.25) is 0 Å². The summed E-state index contributed by atoms with van der Waals surface area (Å²) < 4.78 is 0. The highest BCUT2D eigenvalue weighted by Gasteiger charge is 2.24. The van der Waals surface area contributed by atoms with Crippen LogP contribution in [-0.4, -0.2) is 7.05 Å². The van der Waals surface area contributed by atoms with E-state index >= 15 is 0 Å². The lowest BCUT2D eigenvalue weighted by molar-refractivity contribution is 1.18. The number of anilines is 5. The first-order valence-electron chi connectivity index (χ1n) is 18.2. The van der Waals surface area contributed by atoms with Crippen molar-refractivity contribution in [1.29, 1.82) is 0 Å². The minimum absolute atomic E-state index is 1.11. The third kappa shape index (κ3) is 6.80. The van der Waals surface area contributed by atoms with E-state index in [0.717, 1.165) is 22.7 Å². The number of aryl methyl sites for hydroxylation is 3. The van der Waals surface area contributed by atoms with Crippen molar-refractivity contribution in [3.05, 3.63) is 199 Å². The zero-order chi connectivity index (χ0) is 36.3. The molecule has 0 saturated heterocycles. The topological polar surface area (TPSA) is 6.48 Å². The van der Waals surface area contributed by atoms with Gasteiger partial charge in [0.1, 0.15) is 0 Å². The van der Waals surface area contributed by atoms with Crippen LogP contribution in [0.25, 0.3) is 43.1 Å². The molecule has 3 heteroatoms. The van der Waals surface area contributed by atoms with Gasteiger partial charge in [0.2, 0.25) is 0 Å². The van der Waals surface area contributed by atoms with Crippen LogP contribution in [0, 0.1) is 20.8 Å². The van der Waals surface area contributed by atoms with Crippen molar-refractivity contribution in [2.45, 2.75) is 20.8 Å². The fourth-order valence-corrected chi connectivity index (χ4v) is 8.57. The van der Waals surface area contributed by atoms with Crippen LogP contribution in [0.1, 0.15) is 16.7 Å². The molecule has 258 valence electrons. The maximum absolute atomic E-state index is 2.37. The van der Waals surface area contributed by atoms with Crippen LogP contribution >= 0.6 is 11.3 Å². The van der Waals surface area contributed by atoms with E-state index in [1.807, 2.05) is 11.3 Å². The summed E-state index contributed by atoms with van der Waals surface area (Å²) in [7, 11) is 2.14. The van der Waals surface area contributed by atoms with Gasteiger partial charge in [0.05, 0.1) is 0 Å². The van der Waals surface area contributed by atoms with E-state index < -0.39 is 0 Å². The molecule has 0 N–H and O–H groups in total. The average molecular weight is 703 g/mol. The number of hydrogen-bond donors (Lipinski definition) is 0. The molecule has 0 saturated carbocycles. The predicted octanol–water partition coefficient (Wildman–Crippen LogP) is 14.6. The minimum atomic E-state index is 1.11. The average Bonchev–Trinajstić information content (AvgIpc) is 3.61. The molecule has 7 aromatic carbocycles. The molecular formula is C50H42N2S. The summed E-state index contributed by atoms with van der Waals surface area (Å²) in [5.74, 6) is 0. The third-order valence-electron chi connectivity index (χ3n) is 10.1. The summed E-state index contributed by atoms with van der Waals surface area (Å²) in [6.45, 7) is 6.50. The molecule has 1 aromatic heterocycles. The largest absolute Gasteiger partial charge is 0.344 e. The van der Waals surface area contributed by atoms with Gasteiger partial charge in [-0.2, -0.15) is 0 Å². The molecule has 1 heterocycles. The molecule has 0 radical (unpaired) electrons. The lowest BCUT2D eigenvalue weighted by Crippen LogP contribution is -2.13. The number of para-hydroxylation sites is 2. The second-order valence-electron chi connectivity index (χ2n) is 13.6. The second-order valence-corrected chi connectivity index (χ2v) is 14.7. The van der Waals surface area contributed by atoms with E-state index in [-0.39, 0.29) is 0 Å². The zero-order valence-corrected chi connectivity index (χ0v) is 31.4. The summed E-state index contributed by atoms with van der Waals surface area (Å²) in [4.78, 5) is 7.18. The van der Waals surface area contributed by atoms with Gasteiger partial charge in [0.25, 0.3) is 0 Å². The van der Waals surface area contributed by atoms with E-state index in [2.05, 4.69) is 220 Å². The quantitative estimate of drug-likeness (QED) is 0.148. The Morgan fingerprint density at radius 3 is 1.25 bits per heavy atom. The highest BCUT2D eigenvalue weighted by atomic mass is 32.1. The lowest BCUT2D eigenvalue weighted by atomic mass is 9.91. The summed E-state index contributed by atoms with van der Waals surface area (Å²) in [6, 6.07) is 65.9. The molecule has 0 fully saturated rings. The zero-order valence-electron chi connectivity index (χ0n) is 30.6. The number of hydrogen-bond acceptors (Lipinski definition) is 3. The Hall–Kier alpha value is -6.16. The molecule has 0 unspecified atom stereocenters. The van der Waals surface area contributed by atoms with Gasteiger partial charge in [-0.1, -0.05) is 139 Å². The fraction of sp³-hybridized carbons (Fsp3) is 0.0800. The first-order chi connectivity index (χ1) is 26.0. The van der Waals surface area contributed by atoms with Crippen LogP contribution in [0.4, 0.5) is 28.4 Å². The molecule has 53 heavy (non-hydrogen) atoms. The molecule has 0 aliphatic carbocycles. The Bertz CT molecular complexity index is 2460. The minimum Gasteiger partial charge on any atom is -0.344 e. The maximum Gasteiger partial charge on any atom is 0.0490 e. The Balaban J connectivity index is 1.24. The Labute approximate surface area is 317 Å². The molecule has 2 nitrogen and oxygen atoms in total. The van der Waals surface area contributed by atoms with Crippen LogP contribution in [-0.2, 0) is 0 Å². The van der Waals surface area contributed by atoms with Crippen molar-refractivity contribution in [2.24, 2.45) is 0 Å². The van der Waals surface area contributed by atoms with Gasteiger partial charge in [0.15, 0.2) is 0 Å². The van der Waals surface area contributed by atoms with Crippen molar-refractivity contribution in [2.75, 3.05) is 16.8 Å². The van der Waals surface area contributed by atoms with Gasteiger partial charge in [-0.15, -0.1) is 11.3 Å². The van der Waals surface area contributed by atoms with E-state index in [9.17, 15) is 0 Å². The number of nitrogens with zero attached hydrogens (tertiary/aromatic N) is 2. The van der Waals surface area contributed by atoms with Crippen molar-refractivity contribution >= 4 is 39.8 Å². The molecule has 0 bridgehead atoms. The summed E-state index contributed by atoms with van der Waals surface area (Å²) >= 11 is 1.88. The first-order valence-corrected chi connectivity index (χ1v) is 19.0. The van der Waals surface area contributed by atoms with Crippen LogP contribution in [0.15, 0.2) is 182 Å². The molecule has 0 aliphatic rings. The highest BCUT2D eigenvalue weighted by molar-refractivity contribution is 7.20. The Kier molecular flexibility index (Phi) is 9.50. The van der Waals surface area contributed by atoms with Gasteiger partial charge in [0, 0.05) is 56.4 Å². The number of benzene rings is 7. The van der Waals surface area contributed by atoms with Gasteiger partial charge in [-0.05, 0) is 103 Å². The first kappa shape index (κ1) is 34.0. The molecule has 8 rings (SSSR count). The monoisotopic (exact) mass is 702 g/mol. The number of rotatable bonds is 9. The summed E-state index contributed by atoms with van der Waals surface area (Å²) in [5.41, 5.74) is 16.9. The Morgan fingerprint density at radius 2 is 0.755 bits per heavy atom. The van der Waals surface area contributed by atoms with Crippen molar-refractivity contribution < 1.29 is 0 Å². The van der Waals surface area contributed by atoms with Crippen molar-refractivity contribution in [3.8, 4) is 43.1 Å². The molecule has 0 spiro atoms. The molecule has 0 amide bonds. The van der Waals surface area contributed by atoms with Crippen LogP contribution in [0.2, 0.25) is 0 Å². The maximum atomic E-state index is 2.37. The normalized spacial score (nSPS) is 11.0. The van der Waals surface area contributed by atoms with Crippen LogP contribution in [0.3, 0.4) is 0 Å². The molecule has 8 aromatic rings. The summed E-state index contributed by atoms with van der Waals surface area (Å²) in [6.07, 6.45) is 0. The molecule has 0 aliphatic heterocycles. The van der Waals surface area contributed by atoms with Gasteiger partial charge >= 0.3 is 0 Å². The lowest BCUT2D eigenvalue weighted by Gasteiger charge is -2.28. The molecule has 0 atom stereocenters. The van der Waals surface area contributed by atoms with Crippen molar-refractivity contribution in [3.63, 3.8) is 0 Å². The van der Waals surface area contributed by atoms with Gasteiger partial charge in [-0.25, -0.2) is 0 Å². The SMILES string of the molecule is Cc1ccc(-c2sc(-c3ccc(N(c4ccc(N(C)c5ccccc5C)cc4)c4ccccc4C)cc3)c(-c3ccccc3)c2-c2ccccc2)cc1. The van der Waals surface area contributed by atoms with Crippen LogP contribution < -0.4 is 9.80 Å². The van der Waals surface area contributed by atoms with E-state index in [0.29, 0.717) is 0 Å². The Morgan fingerprint density at radius 1 is 0.358 bits per heavy atom. The predicted molar refractivity (Wildman–Crippen MR) is 229 cm³/mol. The van der Waals surface area contributed by atoms with E-state index in [1.54, 1.807) is 0 Å². The smallest absolute Gasteiger partial charge is 0.0490 e. The highest BCUT2D eigenvalue weighted by Crippen LogP contribution is 2.52. The van der Waals surface area contributed by atoms with E-state index in [1.165, 1.54) is 65.5 Å². The number of thiophene rings is 1. The second kappa shape index (κ2) is 14.8. The van der Waals surface area contributed by atoms with Crippen molar-refractivity contribution in [1.82, 2.24) is 0 Å². The molecular weight excluding hydrogens is 661 g/mol. The third-order valence-corrected chi connectivity index (χ3v) is 11.4. The van der Waals surface area contributed by atoms with Gasteiger partial charge < -0.3 is 9.80 Å². The summed E-state index contributed by atoms with van der Waals surface area (Å²) in [5, 5.41) is 0. The van der Waals surface area contributed by atoms with E-state index in [4.69, 9.17) is 0 Å².